The Morgan fingerprint density at radius 1 is 1.38 bits per heavy atom. The van der Waals surface area contributed by atoms with Gasteiger partial charge in [0.2, 0.25) is 0 Å². The van der Waals surface area contributed by atoms with Gasteiger partial charge in [0, 0.05) is 24.2 Å². The molecule has 1 aromatic carbocycles. The van der Waals surface area contributed by atoms with Crippen LogP contribution in [0, 0.1) is 6.92 Å². The van der Waals surface area contributed by atoms with Gasteiger partial charge in [0.05, 0.1) is 5.69 Å². The van der Waals surface area contributed by atoms with E-state index in [0.29, 0.717) is 17.1 Å². The van der Waals surface area contributed by atoms with E-state index in [2.05, 4.69) is 9.84 Å². The van der Waals surface area contributed by atoms with Crippen molar-refractivity contribution in [3.63, 3.8) is 0 Å². The first kappa shape index (κ1) is 15.7. The van der Waals surface area contributed by atoms with Crippen LogP contribution in [0.4, 0.5) is 8.78 Å². The lowest BCUT2D eigenvalue weighted by molar-refractivity contribution is -0.0506. The predicted molar refractivity (Wildman–Crippen MR) is 76.7 cm³/mol. The minimum absolute atomic E-state index is 0.0812. The minimum Gasteiger partial charge on any atom is -0.434 e. The van der Waals surface area contributed by atoms with E-state index in [-0.39, 0.29) is 5.75 Å². The standard InChI is InChI=1S/C14H16ClF2N3O/c1-8-10(13(15)20(2)19-8)7-11(18)9-5-3-4-6-12(9)21-14(16)17/h3-6,11,14H,7,18H2,1-2H3. The lowest BCUT2D eigenvalue weighted by Gasteiger charge is -2.16. The van der Waals surface area contributed by atoms with Crippen molar-refractivity contribution in [1.29, 1.82) is 0 Å². The summed E-state index contributed by atoms with van der Waals surface area (Å²) in [5, 5.41) is 4.70. The number of para-hydroxylation sites is 1. The van der Waals surface area contributed by atoms with Crippen molar-refractivity contribution in [1.82, 2.24) is 9.78 Å². The number of halogens is 3. The number of benzene rings is 1. The van der Waals surface area contributed by atoms with Crippen LogP contribution in [0.5, 0.6) is 5.75 Å². The molecule has 0 aliphatic rings. The third-order valence-corrected chi connectivity index (χ3v) is 3.70. The molecule has 0 spiro atoms. The van der Waals surface area contributed by atoms with Crippen LogP contribution in [0.15, 0.2) is 24.3 Å². The molecule has 0 saturated heterocycles. The van der Waals surface area contributed by atoms with Crippen LogP contribution in [0.1, 0.15) is 22.9 Å². The van der Waals surface area contributed by atoms with Crippen molar-refractivity contribution in [2.24, 2.45) is 12.8 Å². The molecule has 114 valence electrons. The van der Waals surface area contributed by atoms with Gasteiger partial charge in [-0.3, -0.25) is 4.68 Å². The number of hydrogen-bond acceptors (Lipinski definition) is 3. The second-order valence-electron chi connectivity index (χ2n) is 4.71. The first-order valence-corrected chi connectivity index (χ1v) is 6.75. The zero-order chi connectivity index (χ0) is 15.6. The molecular formula is C14H16ClF2N3O. The number of aromatic nitrogens is 2. The number of nitrogens with zero attached hydrogens (tertiary/aromatic N) is 2. The zero-order valence-electron chi connectivity index (χ0n) is 11.7. The fourth-order valence-corrected chi connectivity index (χ4v) is 2.48. The summed E-state index contributed by atoms with van der Waals surface area (Å²) in [6.45, 7) is -1.06. The summed E-state index contributed by atoms with van der Waals surface area (Å²) >= 11 is 6.16. The van der Waals surface area contributed by atoms with Crippen molar-refractivity contribution < 1.29 is 13.5 Å². The van der Waals surface area contributed by atoms with Crippen LogP contribution in [0.25, 0.3) is 0 Å². The molecule has 0 fully saturated rings. The van der Waals surface area contributed by atoms with Crippen LogP contribution in [-0.2, 0) is 13.5 Å². The van der Waals surface area contributed by atoms with Gasteiger partial charge in [-0.1, -0.05) is 29.8 Å². The number of hydrogen-bond donors (Lipinski definition) is 1. The Morgan fingerprint density at radius 3 is 2.62 bits per heavy atom. The molecule has 0 aliphatic heterocycles. The minimum atomic E-state index is -2.89. The number of aryl methyl sites for hydroxylation is 2. The first-order valence-electron chi connectivity index (χ1n) is 6.37. The van der Waals surface area contributed by atoms with Crippen LogP contribution in [0.3, 0.4) is 0 Å². The SMILES string of the molecule is Cc1nn(C)c(Cl)c1CC(N)c1ccccc1OC(F)F. The fourth-order valence-electron chi connectivity index (χ4n) is 2.23. The first-order chi connectivity index (χ1) is 9.90. The van der Waals surface area contributed by atoms with Gasteiger partial charge in [0.15, 0.2) is 0 Å². The lowest BCUT2D eigenvalue weighted by Crippen LogP contribution is -2.16. The van der Waals surface area contributed by atoms with E-state index in [4.69, 9.17) is 17.3 Å². The molecule has 1 aromatic heterocycles. The Bertz CT molecular complexity index is 631. The van der Waals surface area contributed by atoms with E-state index < -0.39 is 12.7 Å². The number of alkyl halides is 2. The maximum Gasteiger partial charge on any atom is 0.387 e. The Hall–Kier alpha value is -1.66. The molecule has 1 unspecified atom stereocenters. The summed E-state index contributed by atoms with van der Waals surface area (Å²) < 4.78 is 30.9. The van der Waals surface area contributed by atoms with E-state index in [1.54, 1.807) is 29.9 Å². The lowest BCUT2D eigenvalue weighted by atomic mass is 9.99. The van der Waals surface area contributed by atoms with Gasteiger partial charge in [0.25, 0.3) is 0 Å². The van der Waals surface area contributed by atoms with Crippen molar-refractivity contribution in [3.05, 3.63) is 46.2 Å². The number of nitrogens with two attached hydrogens (primary N) is 1. The van der Waals surface area contributed by atoms with Gasteiger partial charge in [0.1, 0.15) is 10.9 Å². The highest BCUT2D eigenvalue weighted by molar-refractivity contribution is 6.30. The van der Waals surface area contributed by atoms with Gasteiger partial charge < -0.3 is 10.5 Å². The van der Waals surface area contributed by atoms with E-state index in [1.165, 1.54) is 6.07 Å². The van der Waals surface area contributed by atoms with Crippen LogP contribution < -0.4 is 10.5 Å². The monoisotopic (exact) mass is 315 g/mol. The zero-order valence-corrected chi connectivity index (χ0v) is 12.4. The Balaban J connectivity index is 2.26. The molecule has 0 saturated carbocycles. The van der Waals surface area contributed by atoms with Crippen molar-refractivity contribution in [3.8, 4) is 5.75 Å². The maximum atomic E-state index is 12.4. The van der Waals surface area contributed by atoms with Crippen molar-refractivity contribution in [2.45, 2.75) is 26.0 Å². The molecule has 2 aromatic rings. The van der Waals surface area contributed by atoms with E-state index in [9.17, 15) is 8.78 Å². The largest absolute Gasteiger partial charge is 0.434 e. The molecular weight excluding hydrogens is 300 g/mol. The summed E-state index contributed by atoms with van der Waals surface area (Å²) in [5.74, 6) is 0.0812. The Morgan fingerprint density at radius 2 is 2.05 bits per heavy atom. The van der Waals surface area contributed by atoms with Gasteiger partial charge in [-0.25, -0.2) is 0 Å². The van der Waals surface area contributed by atoms with E-state index in [0.717, 1.165) is 11.3 Å². The van der Waals surface area contributed by atoms with Crippen LogP contribution >= 0.6 is 11.6 Å². The summed E-state index contributed by atoms with van der Waals surface area (Å²) in [6.07, 6.45) is 0.391. The van der Waals surface area contributed by atoms with Gasteiger partial charge in [-0.15, -0.1) is 0 Å². The molecule has 21 heavy (non-hydrogen) atoms. The highest BCUT2D eigenvalue weighted by atomic mass is 35.5. The van der Waals surface area contributed by atoms with Gasteiger partial charge >= 0.3 is 6.61 Å². The number of ether oxygens (including phenoxy) is 1. The molecule has 2 N–H and O–H groups in total. The quantitative estimate of drug-likeness (QED) is 0.921. The summed E-state index contributed by atoms with van der Waals surface area (Å²) in [6, 6.07) is 5.98. The average molecular weight is 316 g/mol. The molecule has 0 aliphatic carbocycles. The molecule has 4 nitrogen and oxygen atoms in total. The average Bonchev–Trinajstić information content (AvgIpc) is 2.65. The van der Waals surface area contributed by atoms with Crippen LogP contribution in [-0.4, -0.2) is 16.4 Å². The molecule has 7 heteroatoms. The van der Waals surface area contributed by atoms with Gasteiger partial charge in [-0.05, 0) is 19.4 Å². The molecule has 1 atom stereocenters. The number of rotatable bonds is 5. The third-order valence-electron chi connectivity index (χ3n) is 3.23. The highest BCUT2D eigenvalue weighted by Crippen LogP contribution is 2.30. The summed E-state index contributed by atoms with van der Waals surface area (Å²) in [4.78, 5) is 0. The second kappa shape index (κ2) is 6.41. The normalized spacial score (nSPS) is 12.7. The predicted octanol–water partition coefficient (Wildman–Crippen LogP) is 3.23. The van der Waals surface area contributed by atoms with E-state index in [1.807, 2.05) is 6.92 Å². The van der Waals surface area contributed by atoms with Crippen molar-refractivity contribution >= 4 is 11.6 Å². The highest BCUT2D eigenvalue weighted by Gasteiger charge is 2.19. The summed E-state index contributed by atoms with van der Waals surface area (Å²) in [7, 11) is 1.73. The molecule has 1 heterocycles. The fraction of sp³-hybridized carbons (Fsp3) is 0.357. The van der Waals surface area contributed by atoms with E-state index >= 15 is 0 Å². The third kappa shape index (κ3) is 3.51. The maximum absolute atomic E-state index is 12.4. The molecule has 0 radical (unpaired) electrons. The van der Waals surface area contributed by atoms with Crippen molar-refractivity contribution in [2.75, 3.05) is 0 Å². The molecule has 2 rings (SSSR count). The second-order valence-corrected chi connectivity index (χ2v) is 5.06. The van der Waals surface area contributed by atoms with Crippen LogP contribution in [0.2, 0.25) is 5.15 Å². The van der Waals surface area contributed by atoms with Gasteiger partial charge in [-0.2, -0.15) is 13.9 Å². The smallest absolute Gasteiger partial charge is 0.387 e. The Labute approximate surface area is 126 Å². The Kier molecular flexibility index (Phi) is 4.80. The summed E-state index contributed by atoms with van der Waals surface area (Å²) in [5.41, 5.74) is 8.21. The topological polar surface area (TPSA) is 53.1 Å². The molecule has 0 bridgehead atoms. The molecule has 0 amide bonds.